The molecule has 1 fully saturated rings. The van der Waals surface area contributed by atoms with Crippen molar-refractivity contribution in [3.8, 4) is 0 Å². The topological polar surface area (TPSA) is 88.3 Å². The third-order valence-electron chi connectivity index (χ3n) is 3.31. The van der Waals surface area contributed by atoms with Crippen molar-refractivity contribution >= 4 is 26.0 Å². The molecular formula is C10H17BrN4O3S. The molecule has 0 bridgehead atoms. The van der Waals surface area contributed by atoms with Crippen molar-refractivity contribution in [3.05, 3.63) is 4.60 Å². The maximum atomic E-state index is 12.7. The molecule has 0 amide bonds. The minimum atomic E-state index is -3.64. The highest BCUT2D eigenvalue weighted by molar-refractivity contribution is 9.10. The van der Waals surface area contributed by atoms with E-state index in [1.54, 1.807) is 7.05 Å². The third kappa shape index (κ3) is 2.83. The van der Waals surface area contributed by atoms with E-state index < -0.39 is 10.0 Å². The number of sulfonamides is 1. The van der Waals surface area contributed by atoms with Crippen molar-refractivity contribution in [3.63, 3.8) is 0 Å². The van der Waals surface area contributed by atoms with Crippen molar-refractivity contribution in [1.82, 2.24) is 19.3 Å². The summed E-state index contributed by atoms with van der Waals surface area (Å²) in [5, 5.41) is 16.4. The minimum Gasteiger partial charge on any atom is -0.396 e. The van der Waals surface area contributed by atoms with Crippen molar-refractivity contribution in [2.24, 2.45) is 7.05 Å². The van der Waals surface area contributed by atoms with E-state index in [1.807, 2.05) is 0 Å². The van der Waals surface area contributed by atoms with Gasteiger partial charge in [0, 0.05) is 26.2 Å². The van der Waals surface area contributed by atoms with Crippen LogP contribution in [-0.4, -0.2) is 52.0 Å². The van der Waals surface area contributed by atoms with E-state index in [-0.39, 0.29) is 22.3 Å². The smallest absolute Gasteiger partial charge is 0.263 e. The Morgan fingerprint density at radius 2 is 2.21 bits per heavy atom. The van der Waals surface area contributed by atoms with E-state index in [0.29, 0.717) is 13.0 Å². The normalized spacial score (nSPS) is 16.8. The number of hydrogen-bond donors (Lipinski definition) is 1. The van der Waals surface area contributed by atoms with E-state index in [9.17, 15) is 8.42 Å². The Labute approximate surface area is 120 Å². The van der Waals surface area contributed by atoms with Crippen molar-refractivity contribution in [2.75, 3.05) is 13.2 Å². The SMILES string of the molecule is Cn1nnc(Br)c1S(=O)(=O)N(CCCO)C1CCC1. The van der Waals surface area contributed by atoms with Crippen LogP contribution in [-0.2, 0) is 17.1 Å². The average Bonchev–Trinajstić information content (AvgIpc) is 2.61. The van der Waals surface area contributed by atoms with Gasteiger partial charge >= 0.3 is 0 Å². The number of nitrogens with zero attached hydrogens (tertiary/aromatic N) is 4. The molecule has 0 radical (unpaired) electrons. The first-order chi connectivity index (χ1) is 8.98. The van der Waals surface area contributed by atoms with Crippen LogP contribution in [0.2, 0.25) is 0 Å². The fraction of sp³-hybridized carbons (Fsp3) is 0.800. The zero-order chi connectivity index (χ0) is 14.0. The second-order valence-electron chi connectivity index (χ2n) is 4.59. The zero-order valence-electron chi connectivity index (χ0n) is 10.7. The molecular weight excluding hydrogens is 336 g/mol. The first-order valence-corrected chi connectivity index (χ1v) is 8.39. The van der Waals surface area contributed by atoms with Crippen molar-refractivity contribution in [1.29, 1.82) is 0 Å². The maximum Gasteiger partial charge on any atom is 0.263 e. The number of aliphatic hydroxyl groups excluding tert-OH is 1. The molecule has 108 valence electrons. The molecule has 0 spiro atoms. The van der Waals surface area contributed by atoms with Crippen LogP contribution < -0.4 is 0 Å². The van der Waals surface area contributed by atoms with E-state index in [2.05, 4.69) is 26.2 Å². The Kier molecular flexibility index (Phi) is 4.59. The molecule has 1 aliphatic carbocycles. The number of aliphatic hydroxyl groups is 1. The van der Waals surface area contributed by atoms with Gasteiger partial charge in [-0.1, -0.05) is 11.6 Å². The third-order valence-corrected chi connectivity index (χ3v) is 6.15. The molecule has 7 nitrogen and oxygen atoms in total. The molecule has 0 saturated heterocycles. The molecule has 0 aromatic carbocycles. The van der Waals surface area contributed by atoms with Gasteiger partial charge in [0.25, 0.3) is 10.0 Å². The summed E-state index contributed by atoms with van der Waals surface area (Å²) < 4.78 is 28.3. The zero-order valence-corrected chi connectivity index (χ0v) is 13.1. The van der Waals surface area contributed by atoms with E-state index in [0.717, 1.165) is 19.3 Å². The summed E-state index contributed by atoms with van der Waals surface area (Å²) in [6.07, 6.45) is 3.21. The van der Waals surface area contributed by atoms with Crippen LogP contribution in [0.4, 0.5) is 0 Å². The number of halogens is 1. The fourth-order valence-electron chi connectivity index (χ4n) is 2.11. The molecule has 2 rings (SSSR count). The molecule has 1 saturated carbocycles. The molecule has 1 aromatic rings. The monoisotopic (exact) mass is 352 g/mol. The van der Waals surface area contributed by atoms with Gasteiger partial charge in [0.05, 0.1) is 0 Å². The van der Waals surface area contributed by atoms with Crippen LogP contribution in [0.1, 0.15) is 25.7 Å². The van der Waals surface area contributed by atoms with Gasteiger partial charge in [-0.25, -0.2) is 13.1 Å². The Hall–Kier alpha value is -0.510. The summed E-state index contributed by atoms with van der Waals surface area (Å²) in [4.78, 5) is 0. The van der Waals surface area contributed by atoms with Crippen LogP contribution in [0, 0.1) is 0 Å². The van der Waals surface area contributed by atoms with Gasteiger partial charge in [-0.2, -0.15) is 4.31 Å². The Bertz CT molecular complexity index is 521. The number of aryl methyl sites for hydroxylation is 1. The highest BCUT2D eigenvalue weighted by atomic mass is 79.9. The Morgan fingerprint density at radius 3 is 2.63 bits per heavy atom. The van der Waals surface area contributed by atoms with Gasteiger partial charge < -0.3 is 5.11 Å². The summed E-state index contributed by atoms with van der Waals surface area (Å²) in [6, 6.07) is 0.0262. The lowest BCUT2D eigenvalue weighted by molar-refractivity contribution is 0.197. The minimum absolute atomic E-state index is 0.0243. The van der Waals surface area contributed by atoms with E-state index in [1.165, 1.54) is 8.99 Å². The number of rotatable bonds is 6. The number of aromatic nitrogens is 3. The Balaban J connectivity index is 2.33. The largest absolute Gasteiger partial charge is 0.396 e. The highest BCUT2D eigenvalue weighted by Crippen LogP contribution is 2.31. The lowest BCUT2D eigenvalue weighted by atomic mass is 9.93. The summed E-state index contributed by atoms with van der Waals surface area (Å²) >= 11 is 3.13. The molecule has 0 unspecified atom stereocenters. The molecule has 0 aliphatic heterocycles. The van der Waals surface area contributed by atoms with Gasteiger partial charge in [-0.05, 0) is 35.2 Å². The summed E-state index contributed by atoms with van der Waals surface area (Å²) in [5.74, 6) is 0. The second-order valence-corrected chi connectivity index (χ2v) is 7.14. The molecule has 19 heavy (non-hydrogen) atoms. The quantitative estimate of drug-likeness (QED) is 0.805. The summed E-state index contributed by atoms with van der Waals surface area (Å²) in [5.41, 5.74) is 0. The molecule has 1 aliphatic rings. The average molecular weight is 353 g/mol. The first-order valence-electron chi connectivity index (χ1n) is 6.16. The lowest BCUT2D eigenvalue weighted by Gasteiger charge is -2.36. The van der Waals surface area contributed by atoms with Crippen LogP contribution >= 0.6 is 15.9 Å². The van der Waals surface area contributed by atoms with Gasteiger partial charge in [-0.15, -0.1) is 5.10 Å². The second kappa shape index (κ2) is 5.86. The molecule has 0 atom stereocenters. The van der Waals surface area contributed by atoms with E-state index >= 15 is 0 Å². The van der Waals surface area contributed by atoms with Gasteiger partial charge in [-0.3, -0.25) is 0 Å². The van der Waals surface area contributed by atoms with Gasteiger partial charge in [0.15, 0.2) is 4.60 Å². The summed E-state index contributed by atoms with van der Waals surface area (Å²) in [6.45, 7) is 0.296. The standard InChI is InChI=1S/C10H17BrN4O3S/c1-14-10(9(11)12-13-14)19(17,18)15(6-3-7-16)8-4-2-5-8/h8,16H,2-7H2,1H3. The van der Waals surface area contributed by atoms with Crippen LogP contribution in [0.5, 0.6) is 0 Å². The van der Waals surface area contributed by atoms with Crippen LogP contribution in [0.3, 0.4) is 0 Å². The van der Waals surface area contributed by atoms with Crippen LogP contribution in [0.25, 0.3) is 0 Å². The fourth-order valence-corrected chi connectivity index (χ4v) is 4.87. The predicted molar refractivity (Wildman–Crippen MR) is 71.9 cm³/mol. The van der Waals surface area contributed by atoms with E-state index in [4.69, 9.17) is 5.11 Å². The molecule has 1 aromatic heterocycles. The predicted octanol–water partition coefficient (Wildman–Crippen LogP) is 0.503. The molecule has 1 N–H and O–H groups in total. The maximum absolute atomic E-state index is 12.7. The van der Waals surface area contributed by atoms with Crippen molar-refractivity contribution in [2.45, 2.75) is 36.8 Å². The molecule has 1 heterocycles. The van der Waals surface area contributed by atoms with Crippen molar-refractivity contribution < 1.29 is 13.5 Å². The molecule has 9 heteroatoms. The number of hydrogen-bond acceptors (Lipinski definition) is 5. The highest BCUT2D eigenvalue weighted by Gasteiger charge is 2.37. The van der Waals surface area contributed by atoms with Gasteiger partial charge in [0.2, 0.25) is 5.03 Å². The van der Waals surface area contributed by atoms with Crippen LogP contribution in [0.15, 0.2) is 9.63 Å². The lowest BCUT2D eigenvalue weighted by Crippen LogP contribution is -2.45. The van der Waals surface area contributed by atoms with Gasteiger partial charge in [0.1, 0.15) is 0 Å². The summed E-state index contributed by atoms with van der Waals surface area (Å²) in [7, 11) is -2.09. The first kappa shape index (κ1) is 14.9. The Morgan fingerprint density at radius 1 is 1.53 bits per heavy atom.